The summed E-state index contributed by atoms with van der Waals surface area (Å²) in [6, 6.07) is 0. The standard InChI is InChI=1S/C12H22N4S/c1-3-11-14-12(17-15-11)13-8-10(2)9-16-6-4-5-7-16/h10H,3-9H2,1-2H3,(H,13,14,15). The molecule has 0 saturated carbocycles. The Morgan fingerprint density at radius 1 is 1.41 bits per heavy atom. The molecule has 17 heavy (non-hydrogen) atoms. The average molecular weight is 254 g/mol. The van der Waals surface area contributed by atoms with Crippen molar-refractivity contribution in [1.29, 1.82) is 0 Å². The molecule has 96 valence electrons. The fourth-order valence-corrected chi connectivity index (χ4v) is 2.86. The van der Waals surface area contributed by atoms with Crippen LogP contribution in [0.1, 0.15) is 32.5 Å². The summed E-state index contributed by atoms with van der Waals surface area (Å²) < 4.78 is 4.27. The minimum Gasteiger partial charge on any atom is -0.360 e. The molecular formula is C12H22N4S. The van der Waals surface area contributed by atoms with Crippen LogP contribution in [0.2, 0.25) is 0 Å². The zero-order valence-corrected chi connectivity index (χ0v) is 11.6. The van der Waals surface area contributed by atoms with Gasteiger partial charge in [0.15, 0.2) is 0 Å². The fourth-order valence-electron chi connectivity index (χ4n) is 2.20. The van der Waals surface area contributed by atoms with E-state index in [0.717, 1.165) is 23.9 Å². The van der Waals surface area contributed by atoms with Crippen LogP contribution in [0.4, 0.5) is 5.13 Å². The number of nitrogens with one attached hydrogen (secondary N) is 1. The molecule has 0 spiro atoms. The van der Waals surface area contributed by atoms with Crippen molar-refractivity contribution in [2.75, 3.05) is 31.5 Å². The molecule has 0 amide bonds. The molecule has 5 heteroatoms. The van der Waals surface area contributed by atoms with Crippen molar-refractivity contribution in [3.05, 3.63) is 5.82 Å². The van der Waals surface area contributed by atoms with Gasteiger partial charge in [-0.2, -0.15) is 4.37 Å². The second-order valence-corrected chi connectivity index (χ2v) is 5.61. The van der Waals surface area contributed by atoms with Crippen LogP contribution in [0.15, 0.2) is 0 Å². The Labute approximate surface area is 108 Å². The topological polar surface area (TPSA) is 41.1 Å². The molecule has 0 radical (unpaired) electrons. The smallest absolute Gasteiger partial charge is 0.202 e. The van der Waals surface area contributed by atoms with Crippen LogP contribution >= 0.6 is 11.5 Å². The number of hydrogen-bond donors (Lipinski definition) is 1. The zero-order valence-electron chi connectivity index (χ0n) is 10.8. The molecule has 1 N–H and O–H groups in total. The summed E-state index contributed by atoms with van der Waals surface area (Å²) in [5.74, 6) is 1.62. The lowest BCUT2D eigenvalue weighted by molar-refractivity contribution is 0.294. The first-order valence-corrected chi connectivity index (χ1v) is 7.34. The van der Waals surface area contributed by atoms with Gasteiger partial charge in [0.1, 0.15) is 5.82 Å². The van der Waals surface area contributed by atoms with Crippen molar-refractivity contribution >= 4 is 16.7 Å². The molecule has 2 heterocycles. The lowest BCUT2D eigenvalue weighted by Crippen LogP contribution is -2.28. The summed E-state index contributed by atoms with van der Waals surface area (Å²) in [6.45, 7) is 9.14. The predicted octanol–water partition coefficient (Wildman–Crippen LogP) is 2.24. The van der Waals surface area contributed by atoms with E-state index in [-0.39, 0.29) is 0 Å². The highest BCUT2D eigenvalue weighted by atomic mass is 32.1. The quantitative estimate of drug-likeness (QED) is 0.845. The molecule has 1 aliphatic heterocycles. The van der Waals surface area contributed by atoms with E-state index in [1.165, 1.54) is 44.0 Å². The molecule has 1 aromatic rings. The average Bonchev–Trinajstić information content (AvgIpc) is 2.96. The highest BCUT2D eigenvalue weighted by Gasteiger charge is 2.14. The molecule has 2 rings (SSSR count). The number of rotatable bonds is 6. The largest absolute Gasteiger partial charge is 0.360 e. The Morgan fingerprint density at radius 3 is 2.82 bits per heavy atom. The van der Waals surface area contributed by atoms with E-state index in [4.69, 9.17) is 0 Å². The van der Waals surface area contributed by atoms with Gasteiger partial charge in [0.05, 0.1) is 0 Å². The van der Waals surface area contributed by atoms with Gasteiger partial charge in [-0.05, 0) is 31.8 Å². The van der Waals surface area contributed by atoms with Gasteiger partial charge in [0.25, 0.3) is 0 Å². The number of anilines is 1. The zero-order chi connectivity index (χ0) is 12.1. The molecule has 1 aromatic heterocycles. The van der Waals surface area contributed by atoms with Gasteiger partial charge < -0.3 is 10.2 Å². The Balaban J connectivity index is 1.69. The molecule has 1 atom stereocenters. The second-order valence-electron chi connectivity index (χ2n) is 4.86. The van der Waals surface area contributed by atoms with E-state index in [9.17, 15) is 0 Å². The van der Waals surface area contributed by atoms with Gasteiger partial charge in [-0.1, -0.05) is 13.8 Å². The number of likely N-dealkylation sites (tertiary alicyclic amines) is 1. The van der Waals surface area contributed by atoms with Crippen molar-refractivity contribution in [1.82, 2.24) is 14.3 Å². The van der Waals surface area contributed by atoms with Crippen molar-refractivity contribution in [3.8, 4) is 0 Å². The van der Waals surface area contributed by atoms with Crippen molar-refractivity contribution in [2.45, 2.75) is 33.1 Å². The summed E-state index contributed by atoms with van der Waals surface area (Å²) >= 11 is 1.47. The third kappa shape index (κ3) is 3.92. The fraction of sp³-hybridized carbons (Fsp3) is 0.833. The van der Waals surface area contributed by atoms with Crippen LogP contribution in [0.5, 0.6) is 0 Å². The normalized spacial score (nSPS) is 18.5. The molecule has 0 bridgehead atoms. The molecular weight excluding hydrogens is 232 g/mol. The predicted molar refractivity (Wildman–Crippen MR) is 72.6 cm³/mol. The van der Waals surface area contributed by atoms with E-state index in [2.05, 4.69) is 33.4 Å². The third-order valence-electron chi connectivity index (χ3n) is 3.15. The van der Waals surface area contributed by atoms with Crippen LogP contribution in [0.3, 0.4) is 0 Å². The lowest BCUT2D eigenvalue weighted by atomic mass is 10.2. The minimum absolute atomic E-state index is 0.669. The van der Waals surface area contributed by atoms with E-state index in [1.54, 1.807) is 0 Å². The third-order valence-corrected chi connectivity index (χ3v) is 3.87. The first-order chi connectivity index (χ1) is 8.28. The van der Waals surface area contributed by atoms with Crippen molar-refractivity contribution in [3.63, 3.8) is 0 Å². The molecule has 0 aromatic carbocycles. The van der Waals surface area contributed by atoms with E-state index in [0.29, 0.717) is 5.92 Å². The summed E-state index contributed by atoms with van der Waals surface area (Å²) in [6.07, 6.45) is 3.66. The van der Waals surface area contributed by atoms with Crippen molar-refractivity contribution < 1.29 is 0 Å². The summed E-state index contributed by atoms with van der Waals surface area (Å²) in [5.41, 5.74) is 0. The summed E-state index contributed by atoms with van der Waals surface area (Å²) in [7, 11) is 0. The van der Waals surface area contributed by atoms with Gasteiger partial charge in [0.2, 0.25) is 5.13 Å². The van der Waals surface area contributed by atoms with Crippen LogP contribution < -0.4 is 5.32 Å². The molecule has 0 aliphatic carbocycles. The number of hydrogen-bond acceptors (Lipinski definition) is 5. The number of aryl methyl sites for hydroxylation is 1. The SMILES string of the molecule is CCc1nsc(NCC(C)CN2CCCC2)n1. The number of aromatic nitrogens is 2. The highest BCUT2D eigenvalue weighted by Crippen LogP contribution is 2.14. The van der Waals surface area contributed by atoms with Gasteiger partial charge in [-0.25, -0.2) is 4.98 Å². The molecule has 1 fully saturated rings. The first-order valence-electron chi connectivity index (χ1n) is 6.56. The molecule has 1 unspecified atom stereocenters. The van der Waals surface area contributed by atoms with Crippen molar-refractivity contribution in [2.24, 2.45) is 5.92 Å². The minimum atomic E-state index is 0.669. The highest BCUT2D eigenvalue weighted by molar-refractivity contribution is 7.09. The van der Waals surface area contributed by atoms with Crippen LogP contribution in [0.25, 0.3) is 0 Å². The lowest BCUT2D eigenvalue weighted by Gasteiger charge is -2.20. The van der Waals surface area contributed by atoms with E-state index in [1.807, 2.05) is 0 Å². The molecule has 4 nitrogen and oxygen atoms in total. The van der Waals surface area contributed by atoms with Crippen LogP contribution in [-0.2, 0) is 6.42 Å². The van der Waals surface area contributed by atoms with E-state index < -0.39 is 0 Å². The van der Waals surface area contributed by atoms with Gasteiger partial charge in [0, 0.05) is 31.0 Å². The maximum absolute atomic E-state index is 4.42. The Hall–Kier alpha value is -0.680. The van der Waals surface area contributed by atoms with E-state index >= 15 is 0 Å². The van der Waals surface area contributed by atoms with Gasteiger partial charge in [-0.15, -0.1) is 0 Å². The summed E-state index contributed by atoms with van der Waals surface area (Å²) in [5, 5.41) is 4.36. The monoisotopic (exact) mass is 254 g/mol. The Morgan fingerprint density at radius 2 is 2.18 bits per heavy atom. The second kappa shape index (κ2) is 6.31. The van der Waals surface area contributed by atoms with Gasteiger partial charge in [-0.3, -0.25) is 0 Å². The number of nitrogens with zero attached hydrogens (tertiary/aromatic N) is 3. The Kier molecular flexibility index (Phi) is 4.74. The van der Waals surface area contributed by atoms with Gasteiger partial charge >= 0.3 is 0 Å². The first kappa shape index (κ1) is 12.8. The molecule has 1 saturated heterocycles. The maximum atomic E-state index is 4.42. The Bertz CT molecular complexity index is 333. The maximum Gasteiger partial charge on any atom is 0.202 e. The summed E-state index contributed by atoms with van der Waals surface area (Å²) in [4.78, 5) is 6.97. The molecule has 1 aliphatic rings. The van der Waals surface area contributed by atoms with Crippen LogP contribution in [0, 0.1) is 5.92 Å². The van der Waals surface area contributed by atoms with Crippen LogP contribution in [-0.4, -0.2) is 40.4 Å².